The smallest absolute Gasteiger partial charge is 0.235 e. The number of aromatic nitrogens is 2. The van der Waals surface area contributed by atoms with E-state index < -0.39 is 0 Å². The Morgan fingerprint density at radius 3 is 2.51 bits per heavy atom. The van der Waals surface area contributed by atoms with Crippen molar-refractivity contribution >= 4 is 70.4 Å². The monoisotopic (exact) mass is 516 g/mol. The highest BCUT2D eigenvalue weighted by Gasteiger charge is 2.38. The number of para-hydroxylation sites is 1. The van der Waals surface area contributed by atoms with Gasteiger partial charge in [0.25, 0.3) is 0 Å². The van der Waals surface area contributed by atoms with Gasteiger partial charge in [-0.25, -0.2) is 0 Å². The quantitative estimate of drug-likeness (QED) is 0.210. The van der Waals surface area contributed by atoms with Crippen molar-refractivity contribution in [2.45, 2.75) is 6.04 Å². The van der Waals surface area contributed by atoms with E-state index in [1.165, 1.54) is 58.9 Å². The van der Waals surface area contributed by atoms with Gasteiger partial charge < -0.3 is 4.57 Å². The Bertz CT molecular complexity index is 2230. The average molecular weight is 517 g/mol. The maximum absolute atomic E-state index is 4.35. The Morgan fingerprint density at radius 1 is 0.718 bits per heavy atom. The van der Waals surface area contributed by atoms with Crippen molar-refractivity contribution in [3.05, 3.63) is 128 Å². The third-order valence-electron chi connectivity index (χ3n) is 8.16. The molecule has 1 aliphatic heterocycles. The highest BCUT2D eigenvalue weighted by atomic mass is 32.1. The second-order valence-corrected chi connectivity index (χ2v) is 11.3. The third-order valence-corrected chi connectivity index (χ3v) is 9.35. The van der Waals surface area contributed by atoms with Crippen molar-refractivity contribution in [3.8, 4) is 11.1 Å². The Kier molecular flexibility index (Phi) is 4.26. The molecule has 0 radical (unpaired) electrons. The topological polar surface area (TPSA) is 20.8 Å². The summed E-state index contributed by atoms with van der Waals surface area (Å²) in [6.45, 7) is 0. The number of benzene rings is 4. The van der Waals surface area contributed by atoms with E-state index in [1.54, 1.807) is 0 Å². The van der Waals surface area contributed by atoms with Crippen LogP contribution in [0.15, 0.2) is 128 Å². The molecule has 39 heavy (non-hydrogen) atoms. The lowest BCUT2D eigenvalue weighted by molar-refractivity contribution is 0.783. The summed E-state index contributed by atoms with van der Waals surface area (Å²) in [5.41, 5.74) is 8.55. The molecule has 0 bridgehead atoms. The molecule has 3 aromatic heterocycles. The molecule has 0 amide bonds. The SMILES string of the molecule is C1=CC2=[N+](c3cccc(-c4cccnc4)c3)c3cccc4c5ccc6c7ccccc7sc6c5n(c34)C2C=C1. The maximum Gasteiger partial charge on any atom is 0.235 e. The number of hydrogen-bond acceptors (Lipinski definition) is 2. The number of hydrogen-bond donors (Lipinski definition) is 0. The minimum absolute atomic E-state index is 0.0998. The predicted octanol–water partition coefficient (Wildman–Crippen LogP) is 9.18. The van der Waals surface area contributed by atoms with Crippen LogP contribution in [0, 0.1) is 0 Å². The van der Waals surface area contributed by atoms with Crippen LogP contribution < -0.4 is 4.58 Å². The van der Waals surface area contributed by atoms with Crippen molar-refractivity contribution in [1.29, 1.82) is 0 Å². The molecule has 0 N–H and O–H groups in total. The van der Waals surface area contributed by atoms with Gasteiger partial charge in [-0.3, -0.25) is 4.98 Å². The molecule has 4 aromatic carbocycles. The molecule has 182 valence electrons. The lowest BCUT2D eigenvalue weighted by atomic mass is 10.0. The summed E-state index contributed by atoms with van der Waals surface area (Å²) in [6, 6.07) is 33.2. The van der Waals surface area contributed by atoms with Crippen LogP contribution in [-0.4, -0.2) is 15.3 Å². The molecule has 3 nitrogen and oxygen atoms in total. The van der Waals surface area contributed by atoms with Crippen LogP contribution in [0.4, 0.5) is 11.4 Å². The fourth-order valence-electron chi connectivity index (χ4n) is 6.53. The molecule has 7 aromatic rings. The zero-order valence-electron chi connectivity index (χ0n) is 21.0. The molecule has 1 unspecified atom stereocenters. The Labute approximate surface area is 228 Å². The van der Waals surface area contributed by atoms with Crippen LogP contribution in [0.3, 0.4) is 0 Å². The second-order valence-electron chi connectivity index (χ2n) is 10.2. The Balaban J connectivity index is 1.39. The fraction of sp³-hybridized carbons (Fsp3) is 0.0286. The zero-order chi connectivity index (χ0) is 25.5. The number of pyridine rings is 1. The summed E-state index contributed by atoms with van der Waals surface area (Å²) >= 11 is 1.91. The third kappa shape index (κ3) is 2.87. The molecule has 0 spiro atoms. The second kappa shape index (κ2) is 7.85. The standard InChI is InChI=1S/C35H22N3S/c1-4-16-32-25(11-1)28-18-17-27-26-12-6-15-31-33(26)38(34(27)35(28)39-32)30-14-3-2-13-29(30)37(31)24-10-5-8-22(20-24)23-9-7-19-36-21-23/h1-21,30H/q+1. The summed E-state index contributed by atoms with van der Waals surface area (Å²) in [6.07, 6.45) is 12.7. The van der Waals surface area contributed by atoms with E-state index in [4.69, 9.17) is 0 Å². The van der Waals surface area contributed by atoms with Gasteiger partial charge >= 0.3 is 0 Å². The molecule has 0 saturated carbocycles. The Morgan fingerprint density at radius 2 is 1.56 bits per heavy atom. The van der Waals surface area contributed by atoms with Crippen molar-refractivity contribution in [1.82, 2.24) is 14.1 Å². The molecular formula is C35H22N3S+. The molecular weight excluding hydrogens is 494 g/mol. The van der Waals surface area contributed by atoms with Crippen molar-refractivity contribution in [2.75, 3.05) is 0 Å². The van der Waals surface area contributed by atoms with Crippen LogP contribution in [0.2, 0.25) is 0 Å². The lowest BCUT2D eigenvalue weighted by Gasteiger charge is -2.24. The first-order valence-corrected chi connectivity index (χ1v) is 14.1. The highest BCUT2D eigenvalue weighted by Crippen LogP contribution is 2.47. The Hall–Kier alpha value is -4.80. The van der Waals surface area contributed by atoms with Gasteiger partial charge in [-0.1, -0.05) is 78.9 Å². The molecule has 4 heterocycles. The number of rotatable bonds is 2. The van der Waals surface area contributed by atoms with E-state index >= 15 is 0 Å². The van der Waals surface area contributed by atoms with Gasteiger partial charge in [-0.05, 0) is 17.7 Å². The first-order chi connectivity index (χ1) is 19.4. The van der Waals surface area contributed by atoms with Gasteiger partial charge in [0.2, 0.25) is 17.1 Å². The lowest BCUT2D eigenvalue weighted by Crippen LogP contribution is -2.30. The zero-order valence-corrected chi connectivity index (χ0v) is 21.8. The van der Waals surface area contributed by atoms with E-state index in [9.17, 15) is 0 Å². The van der Waals surface area contributed by atoms with Crippen LogP contribution in [-0.2, 0) is 0 Å². The minimum atomic E-state index is 0.0998. The van der Waals surface area contributed by atoms with Gasteiger partial charge in [0, 0.05) is 68.5 Å². The molecule has 2 aliphatic rings. The molecule has 9 rings (SSSR count). The van der Waals surface area contributed by atoms with E-state index in [-0.39, 0.29) is 6.04 Å². The van der Waals surface area contributed by atoms with Crippen LogP contribution in [0.5, 0.6) is 0 Å². The summed E-state index contributed by atoms with van der Waals surface area (Å²) in [7, 11) is 0. The van der Waals surface area contributed by atoms with E-state index in [1.807, 2.05) is 29.8 Å². The van der Waals surface area contributed by atoms with E-state index in [0.29, 0.717) is 0 Å². The predicted molar refractivity (Wildman–Crippen MR) is 166 cm³/mol. The van der Waals surface area contributed by atoms with Crippen LogP contribution in [0.25, 0.3) is 53.1 Å². The number of fused-ring (bicyclic) bond motifs is 9. The fourth-order valence-corrected chi connectivity index (χ4v) is 7.78. The van der Waals surface area contributed by atoms with Crippen molar-refractivity contribution in [2.24, 2.45) is 0 Å². The highest BCUT2D eigenvalue weighted by molar-refractivity contribution is 7.26. The van der Waals surface area contributed by atoms with Gasteiger partial charge in [-0.2, -0.15) is 4.58 Å². The number of allylic oxidation sites excluding steroid dienone is 4. The first kappa shape index (κ1) is 21.2. The van der Waals surface area contributed by atoms with Crippen molar-refractivity contribution in [3.63, 3.8) is 0 Å². The summed E-state index contributed by atoms with van der Waals surface area (Å²) < 4.78 is 7.75. The maximum atomic E-state index is 4.35. The van der Waals surface area contributed by atoms with Gasteiger partial charge in [-0.15, -0.1) is 11.3 Å². The van der Waals surface area contributed by atoms with Crippen LogP contribution in [0.1, 0.15) is 6.04 Å². The number of thiophene rings is 1. The molecule has 1 atom stereocenters. The molecule has 1 aliphatic carbocycles. The normalized spacial score (nSPS) is 16.2. The number of nitrogens with zero attached hydrogens (tertiary/aromatic N) is 3. The van der Waals surface area contributed by atoms with Gasteiger partial charge in [0.1, 0.15) is 11.6 Å². The van der Waals surface area contributed by atoms with Crippen LogP contribution >= 0.6 is 11.3 Å². The van der Waals surface area contributed by atoms with Gasteiger partial charge in [0.15, 0.2) is 0 Å². The van der Waals surface area contributed by atoms with E-state index in [0.717, 1.165) is 11.3 Å². The first-order valence-electron chi connectivity index (χ1n) is 13.3. The van der Waals surface area contributed by atoms with Gasteiger partial charge in [0.05, 0.1) is 10.2 Å². The van der Waals surface area contributed by atoms with E-state index in [2.05, 4.69) is 123 Å². The largest absolute Gasteiger partial charge is 0.316 e. The average Bonchev–Trinajstić information content (AvgIpc) is 3.55. The van der Waals surface area contributed by atoms with Crippen molar-refractivity contribution < 1.29 is 0 Å². The summed E-state index contributed by atoms with van der Waals surface area (Å²) in [4.78, 5) is 4.35. The minimum Gasteiger partial charge on any atom is -0.316 e. The summed E-state index contributed by atoms with van der Waals surface area (Å²) in [5.74, 6) is 0. The summed E-state index contributed by atoms with van der Waals surface area (Å²) in [5, 5.41) is 5.30. The molecule has 4 heteroatoms. The molecule has 0 fully saturated rings. The molecule has 0 saturated heterocycles.